The summed E-state index contributed by atoms with van der Waals surface area (Å²) in [7, 11) is -3.32. The van der Waals surface area contributed by atoms with E-state index in [9.17, 15) is 13.2 Å². The first-order valence-electron chi connectivity index (χ1n) is 12.0. The average Bonchev–Trinajstić information content (AvgIpc) is 3.15. The number of benzene rings is 2. The number of rotatable bonds is 4. The number of hydrogen-bond acceptors (Lipinski definition) is 4. The van der Waals surface area contributed by atoms with E-state index in [2.05, 4.69) is 40.5 Å². The highest BCUT2D eigenvalue weighted by atomic mass is 32.2. The average molecular weight is 468 g/mol. The Hall–Kier alpha value is -2.54. The van der Waals surface area contributed by atoms with Crippen LogP contribution in [0.1, 0.15) is 44.1 Å². The lowest BCUT2D eigenvalue weighted by Crippen LogP contribution is -2.50. The summed E-state index contributed by atoms with van der Waals surface area (Å²) in [5.41, 5.74) is 2.98. The molecule has 1 atom stereocenters. The molecule has 1 amide bonds. The van der Waals surface area contributed by atoms with Gasteiger partial charge < -0.3 is 10.2 Å². The van der Waals surface area contributed by atoms with Gasteiger partial charge >= 0.3 is 0 Å². The van der Waals surface area contributed by atoms with Gasteiger partial charge in [0.2, 0.25) is 15.9 Å². The van der Waals surface area contributed by atoms with E-state index in [4.69, 9.17) is 0 Å². The molecule has 5 rings (SSSR count). The maximum absolute atomic E-state index is 13.1. The summed E-state index contributed by atoms with van der Waals surface area (Å²) in [5, 5.41) is 3.33. The third-order valence-electron chi connectivity index (χ3n) is 7.79. The normalized spacial score (nSPS) is 27.4. The molecule has 176 valence electrons. The van der Waals surface area contributed by atoms with E-state index in [-0.39, 0.29) is 23.3 Å². The topological polar surface area (TPSA) is 69.7 Å². The Labute approximate surface area is 197 Å². The maximum atomic E-state index is 13.1. The Bertz CT molecular complexity index is 1110. The SMILES string of the molecule is CS(=O)(=O)N1CC2(CCC(C(=O)NC3CCCN(c4ccccc4)C3)CC2)c2ccccc21. The summed E-state index contributed by atoms with van der Waals surface area (Å²) in [6, 6.07) is 18.4. The van der Waals surface area contributed by atoms with Crippen molar-refractivity contribution in [1.29, 1.82) is 0 Å². The Balaban J connectivity index is 1.22. The first-order chi connectivity index (χ1) is 15.9. The second kappa shape index (κ2) is 8.67. The number of sulfonamides is 1. The van der Waals surface area contributed by atoms with Crippen molar-refractivity contribution in [1.82, 2.24) is 5.32 Å². The van der Waals surface area contributed by atoms with E-state index in [0.717, 1.165) is 62.9 Å². The molecule has 6 nitrogen and oxygen atoms in total. The molecule has 1 aliphatic carbocycles. The van der Waals surface area contributed by atoms with Crippen molar-refractivity contribution < 1.29 is 13.2 Å². The molecule has 2 fully saturated rings. The number of amides is 1. The fraction of sp³-hybridized carbons (Fsp3) is 0.500. The number of nitrogens with zero attached hydrogens (tertiary/aromatic N) is 2. The summed E-state index contributed by atoms with van der Waals surface area (Å²) < 4.78 is 26.4. The van der Waals surface area contributed by atoms with Crippen molar-refractivity contribution in [3.63, 3.8) is 0 Å². The minimum Gasteiger partial charge on any atom is -0.369 e. The van der Waals surface area contributed by atoms with E-state index in [1.807, 2.05) is 24.3 Å². The van der Waals surface area contributed by atoms with Crippen LogP contribution in [0.15, 0.2) is 54.6 Å². The highest BCUT2D eigenvalue weighted by Crippen LogP contribution is 2.50. The Kier molecular flexibility index (Phi) is 5.85. The number of nitrogens with one attached hydrogen (secondary N) is 1. The van der Waals surface area contributed by atoms with E-state index >= 15 is 0 Å². The van der Waals surface area contributed by atoms with Crippen LogP contribution in [-0.2, 0) is 20.2 Å². The van der Waals surface area contributed by atoms with E-state index < -0.39 is 10.0 Å². The molecule has 1 spiro atoms. The van der Waals surface area contributed by atoms with E-state index in [1.165, 1.54) is 11.9 Å². The molecule has 0 bridgehead atoms. The standard InChI is InChI=1S/C26H33N3O3S/c1-33(31,32)29-19-26(23-11-5-6-12-24(23)29)15-13-20(14-16-26)25(30)27-21-8-7-17-28(18-21)22-9-3-2-4-10-22/h2-6,9-12,20-21H,7-8,13-19H2,1H3,(H,27,30). The Morgan fingerprint density at radius 1 is 1.00 bits per heavy atom. The minimum atomic E-state index is -3.32. The van der Waals surface area contributed by atoms with Crippen molar-refractivity contribution in [3.05, 3.63) is 60.2 Å². The van der Waals surface area contributed by atoms with Gasteiger partial charge in [0, 0.05) is 42.7 Å². The van der Waals surface area contributed by atoms with Crippen molar-refractivity contribution in [3.8, 4) is 0 Å². The van der Waals surface area contributed by atoms with Crippen LogP contribution >= 0.6 is 0 Å². The monoisotopic (exact) mass is 467 g/mol. The first-order valence-corrected chi connectivity index (χ1v) is 13.9. The molecule has 1 N–H and O–H groups in total. The summed E-state index contributed by atoms with van der Waals surface area (Å²) in [5.74, 6) is 0.165. The summed E-state index contributed by atoms with van der Waals surface area (Å²) >= 11 is 0. The number of hydrogen-bond donors (Lipinski definition) is 1. The molecule has 0 radical (unpaired) electrons. The van der Waals surface area contributed by atoms with Gasteiger partial charge in [-0.1, -0.05) is 36.4 Å². The van der Waals surface area contributed by atoms with Gasteiger partial charge in [0.15, 0.2) is 0 Å². The van der Waals surface area contributed by atoms with Gasteiger partial charge in [0.1, 0.15) is 0 Å². The number of carbonyl (C=O) groups excluding carboxylic acids is 1. The third-order valence-corrected chi connectivity index (χ3v) is 8.92. The molecule has 1 saturated heterocycles. The Morgan fingerprint density at radius 2 is 1.70 bits per heavy atom. The zero-order valence-corrected chi connectivity index (χ0v) is 20.1. The highest BCUT2D eigenvalue weighted by Gasteiger charge is 2.48. The van der Waals surface area contributed by atoms with Gasteiger partial charge in [-0.25, -0.2) is 8.42 Å². The molecule has 1 unspecified atom stereocenters. The molecule has 3 aliphatic rings. The molecule has 0 aromatic heterocycles. The van der Waals surface area contributed by atoms with Crippen molar-refractivity contribution in [2.45, 2.75) is 50.0 Å². The Morgan fingerprint density at radius 3 is 2.42 bits per heavy atom. The predicted octanol–water partition coefficient (Wildman–Crippen LogP) is 3.68. The van der Waals surface area contributed by atoms with Crippen molar-refractivity contribution >= 4 is 27.3 Å². The van der Waals surface area contributed by atoms with Crippen molar-refractivity contribution in [2.75, 3.05) is 35.1 Å². The fourth-order valence-electron chi connectivity index (χ4n) is 6.03. The van der Waals surface area contributed by atoms with E-state index in [0.29, 0.717) is 6.54 Å². The minimum absolute atomic E-state index is 0.00201. The van der Waals surface area contributed by atoms with Gasteiger partial charge in [-0.05, 0) is 62.3 Å². The molecule has 33 heavy (non-hydrogen) atoms. The summed E-state index contributed by atoms with van der Waals surface area (Å²) in [6.07, 6.45) is 6.66. The lowest BCUT2D eigenvalue weighted by Gasteiger charge is -2.39. The van der Waals surface area contributed by atoms with Crippen LogP contribution in [0.3, 0.4) is 0 Å². The van der Waals surface area contributed by atoms with E-state index in [1.54, 1.807) is 4.31 Å². The van der Waals surface area contributed by atoms with Gasteiger partial charge in [-0.2, -0.15) is 0 Å². The van der Waals surface area contributed by atoms with Crippen LogP contribution in [0.4, 0.5) is 11.4 Å². The molecule has 2 heterocycles. The number of carbonyl (C=O) groups is 1. The molecule has 1 saturated carbocycles. The van der Waals surface area contributed by atoms with Gasteiger partial charge in [-0.15, -0.1) is 0 Å². The maximum Gasteiger partial charge on any atom is 0.232 e. The lowest BCUT2D eigenvalue weighted by atomic mass is 9.67. The number of para-hydroxylation sites is 2. The number of piperidine rings is 1. The molecule has 2 aromatic rings. The zero-order valence-electron chi connectivity index (χ0n) is 19.2. The van der Waals surface area contributed by atoms with Crippen LogP contribution in [0.2, 0.25) is 0 Å². The number of anilines is 2. The first kappa shape index (κ1) is 22.3. The highest BCUT2D eigenvalue weighted by molar-refractivity contribution is 7.92. The lowest BCUT2D eigenvalue weighted by molar-refractivity contribution is -0.127. The van der Waals surface area contributed by atoms with Crippen LogP contribution in [0.5, 0.6) is 0 Å². The zero-order chi connectivity index (χ0) is 23.1. The van der Waals surface area contributed by atoms with Gasteiger partial charge in [0.05, 0.1) is 11.9 Å². The van der Waals surface area contributed by atoms with Gasteiger partial charge in [-0.3, -0.25) is 9.10 Å². The van der Waals surface area contributed by atoms with Crippen molar-refractivity contribution in [2.24, 2.45) is 5.92 Å². The smallest absolute Gasteiger partial charge is 0.232 e. The molecular weight excluding hydrogens is 434 g/mol. The summed E-state index contributed by atoms with van der Waals surface area (Å²) in [6.45, 7) is 2.37. The summed E-state index contributed by atoms with van der Waals surface area (Å²) in [4.78, 5) is 15.5. The van der Waals surface area contributed by atoms with Crippen LogP contribution in [0.25, 0.3) is 0 Å². The molecule has 2 aromatic carbocycles. The molecular formula is C26H33N3O3S. The predicted molar refractivity (Wildman–Crippen MR) is 132 cm³/mol. The van der Waals surface area contributed by atoms with Gasteiger partial charge in [0.25, 0.3) is 0 Å². The third kappa shape index (κ3) is 4.35. The molecule has 2 aliphatic heterocycles. The second-order valence-corrected chi connectivity index (χ2v) is 11.9. The second-order valence-electron chi connectivity index (χ2n) is 9.97. The fourth-order valence-corrected chi connectivity index (χ4v) is 7.03. The quantitative estimate of drug-likeness (QED) is 0.745. The van der Waals surface area contributed by atoms with Crippen LogP contribution in [0, 0.1) is 5.92 Å². The molecule has 7 heteroatoms. The van der Waals surface area contributed by atoms with Crippen LogP contribution < -0.4 is 14.5 Å². The number of fused-ring (bicyclic) bond motifs is 2. The largest absolute Gasteiger partial charge is 0.369 e. The van der Waals surface area contributed by atoms with Crippen LogP contribution in [-0.4, -0.2) is 46.3 Å².